The van der Waals surface area contributed by atoms with Gasteiger partial charge in [0.25, 0.3) is 0 Å². The maximum absolute atomic E-state index is 4.87. The summed E-state index contributed by atoms with van der Waals surface area (Å²) in [6, 6.07) is 5.02. The van der Waals surface area contributed by atoms with Gasteiger partial charge in [0.2, 0.25) is 0 Å². The van der Waals surface area contributed by atoms with Gasteiger partial charge in [-0.1, -0.05) is 38.8 Å². The van der Waals surface area contributed by atoms with Gasteiger partial charge in [0.1, 0.15) is 5.82 Å². The molecule has 0 radical (unpaired) electrons. The fraction of sp³-hybridized carbons (Fsp3) is 0.611. The first-order chi connectivity index (χ1) is 10.1. The number of hydrogen-bond donors (Lipinski definition) is 1. The number of aryl methyl sites for hydroxylation is 1. The molecule has 116 valence electrons. The summed E-state index contributed by atoms with van der Waals surface area (Å²) in [5.74, 6) is 1.14. The van der Waals surface area contributed by atoms with Crippen LogP contribution in [-0.2, 0) is 13.0 Å². The van der Waals surface area contributed by atoms with Gasteiger partial charge in [-0.3, -0.25) is 0 Å². The van der Waals surface area contributed by atoms with Crippen LogP contribution in [-0.4, -0.2) is 24.1 Å². The van der Waals surface area contributed by atoms with Crippen LogP contribution in [0.4, 0.5) is 5.82 Å². The van der Waals surface area contributed by atoms with Gasteiger partial charge < -0.3 is 10.2 Å². The van der Waals surface area contributed by atoms with Crippen molar-refractivity contribution >= 4 is 5.82 Å². The maximum atomic E-state index is 4.87. The van der Waals surface area contributed by atoms with Crippen molar-refractivity contribution in [3.8, 4) is 0 Å². The second-order valence-electron chi connectivity index (χ2n) is 6.36. The Morgan fingerprint density at radius 1 is 1.33 bits per heavy atom. The third-order valence-electron chi connectivity index (χ3n) is 3.91. The fourth-order valence-corrected chi connectivity index (χ4v) is 2.58. The number of nitrogens with one attached hydrogen (secondary N) is 1. The van der Waals surface area contributed by atoms with Gasteiger partial charge in [-0.05, 0) is 37.5 Å². The summed E-state index contributed by atoms with van der Waals surface area (Å²) in [5, 5.41) is 3.51. The standard InChI is InChI=1S/C18H29N3/c1-5-6-17-11-16(13-19-14(2)3)12-18(20-17)21-9-7-15(4)8-10-21/h7,11-12,14,19H,5-6,8-10,13H2,1-4H3. The summed E-state index contributed by atoms with van der Waals surface area (Å²) in [7, 11) is 0. The second-order valence-corrected chi connectivity index (χ2v) is 6.36. The van der Waals surface area contributed by atoms with Crippen molar-refractivity contribution in [3.63, 3.8) is 0 Å². The second kappa shape index (κ2) is 7.60. The molecule has 0 atom stereocenters. The molecular weight excluding hydrogens is 258 g/mol. The van der Waals surface area contributed by atoms with E-state index in [2.05, 4.69) is 56.1 Å². The minimum absolute atomic E-state index is 0.511. The van der Waals surface area contributed by atoms with E-state index in [-0.39, 0.29) is 0 Å². The number of pyridine rings is 1. The Hall–Kier alpha value is -1.35. The van der Waals surface area contributed by atoms with E-state index >= 15 is 0 Å². The van der Waals surface area contributed by atoms with Crippen LogP contribution in [0.2, 0.25) is 0 Å². The summed E-state index contributed by atoms with van der Waals surface area (Å²) in [6.07, 6.45) is 5.68. The third kappa shape index (κ3) is 4.85. The highest BCUT2D eigenvalue weighted by Gasteiger charge is 2.13. The SMILES string of the molecule is CCCc1cc(CNC(C)C)cc(N2CC=C(C)CC2)n1. The highest BCUT2D eigenvalue weighted by molar-refractivity contribution is 5.45. The van der Waals surface area contributed by atoms with Crippen LogP contribution in [0.3, 0.4) is 0 Å². The average Bonchev–Trinajstić information content (AvgIpc) is 2.46. The predicted molar refractivity (Wildman–Crippen MR) is 90.8 cm³/mol. The maximum Gasteiger partial charge on any atom is 0.129 e. The molecule has 1 aromatic heterocycles. The summed E-state index contributed by atoms with van der Waals surface area (Å²) in [5.41, 5.74) is 4.07. The fourth-order valence-electron chi connectivity index (χ4n) is 2.58. The molecule has 2 heterocycles. The van der Waals surface area contributed by atoms with Crippen LogP contribution in [0.25, 0.3) is 0 Å². The topological polar surface area (TPSA) is 28.2 Å². The van der Waals surface area contributed by atoms with Crippen LogP contribution < -0.4 is 10.2 Å². The van der Waals surface area contributed by atoms with E-state index in [0.29, 0.717) is 6.04 Å². The van der Waals surface area contributed by atoms with Crippen molar-refractivity contribution < 1.29 is 0 Å². The van der Waals surface area contributed by atoms with E-state index in [4.69, 9.17) is 4.98 Å². The lowest BCUT2D eigenvalue weighted by atomic mass is 10.1. The van der Waals surface area contributed by atoms with Gasteiger partial charge in [-0.25, -0.2) is 4.98 Å². The first kappa shape index (κ1) is 16.0. The lowest BCUT2D eigenvalue weighted by Gasteiger charge is -2.27. The number of hydrogen-bond acceptors (Lipinski definition) is 3. The summed E-state index contributed by atoms with van der Waals surface area (Å²) < 4.78 is 0. The van der Waals surface area contributed by atoms with Crippen molar-refractivity contribution in [2.45, 2.75) is 59.5 Å². The first-order valence-electron chi connectivity index (χ1n) is 8.22. The molecule has 0 aliphatic carbocycles. The highest BCUT2D eigenvalue weighted by Crippen LogP contribution is 2.20. The van der Waals surface area contributed by atoms with Crippen molar-refractivity contribution in [1.29, 1.82) is 0 Å². The van der Waals surface area contributed by atoms with Crippen LogP contribution >= 0.6 is 0 Å². The Balaban J connectivity index is 2.18. The Kier molecular flexibility index (Phi) is 5.80. The van der Waals surface area contributed by atoms with Gasteiger partial charge in [0.15, 0.2) is 0 Å². The van der Waals surface area contributed by atoms with Gasteiger partial charge in [0, 0.05) is 31.4 Å². The molecule has 0 spiro atoms. The monoisotopic (exact) mass is 287 g/mol. The van der Waals surface area contributed by atoms with Gasteiger partial charge in [-0.2, -0.15) is 0 Å². The van der Waals surface area contributed by atoms with Gasteiger partial charge in [0.05, 0.1) is 0 Å². The summed E-state index contributed by atoms with van der Waals surface area (Å²) >= 11 is 0. The molecule has 1 aliphatic rings. The molecular formula is C18H29N3. The number of aromatic nitrogens is 1. The summed E-state index contributed by atoms with van der Waals surface area (Å²) in [6.45, 7) is 11.8. The van der Waals surface area contributed by atoms with Crippen molar-refractivity contribution in [1.82, 2.24) is 10.3 Å². The zero-order valence-corrected chi connectivity index (χ0v) is 13.9. The largest absolute Gasteiger partial charge is 0.353 e. The van der Waals surface area contributed by atoms with Crippen molar-refractivity contribution in [2.75, 3.05) is 18.0 Å². The molecule has 1 aliphatic heterocycles. The van der Waals surface area contributed by atoms with E-state index < -0.39 is 0 Å². The minimum Gasteiger partial charge on any atom is -0.353 e. The Labute approximate surface area is 129 Å². The van der Waals surface area contributed by atoms with E-state index in [1.165, 1.54) is 16.8 Å². The number of rotatable bonds is 6. The molecule has 21 heavy (non-hydrogen) atoms. The van der Waals surface area contributed by atoms with E-state index in [1.807, 2.05) is 0 Å². The Morgan fingerprint density at radius 3 is 2.76 bits per heavy atom. The van der Waals surface area contributed by atoms with Crippen LogP contribution in [0.1, 0.15) is 51.8 Å². The van der Waals surface area contributed by atoms with E-state index in [1.54, 1.807) is 0 Å². The molecule has 2 rings (SSSR count). The Bertz CT molecular complexity index is 491. The predicted octanol–water partition coefficient (Wildman–Crippen LogP) is 3.69. The number of anilines is 1. The number of nitrogens with zero attached hydrogens (tertiary/aromatic N) is 2. The molecule has 1 N–H and O–H groups in total. The molecule has 0 fully saturated rings. The molecule has 0 saturated heterocycles. The van der Waals surface area contributed by atoms with Crippen LogP contribution in [0, 0.1) is 0 Å². The molecule has 3 nitrogen and oxygen atoms in total. The molecule has 0 aromatic carbocycles. The van der Waals surface area contributed by atoms with Crippen molar-refractivity contribution in [3.05, 3.63) is 35.0 Å². The first-order valence-corrected chi connectivity index (χ1v) is 8.22. The van der Waals surface area contributed by atoms with Gasteiger partial charge >= 0.3 is 0 Å². The van der Waals surface area contributed by atoms with E-state index in [0.717, 1.165) is 44.7 Å². The average molecular weight is 287 g/mol. The lowest BCUT2D eigenvalue weighted by molar-refractivity contribution is 0.587. The Morgan fingerprint density at radius 2 is 2.14 bits per heavy atom. The molecule has 0 bridgehead atoms. The molecule has 1 aromatic rings. The summed E-state index contributed by atoms with van der Waals surface area (Å²) in [4.78, 5) is 7.26. The quantitative estimate of drug-likeness (QED) is 0.809. The molecule has 0 saturated carbocycles. The zero-order valence-electron chi connectivity index (χ0n) is 13.9. The minimum atomic E-state index is 0.511. The molecule has 0 amide bonds. The molecule has 0 unspecified atom stereocenters. The van der Waals surface area contributed by atoms with Crippen LogP contribution in [0.5, 0.6) is 0 Å². The molecule has 3 heteroatoms. The van der Waals surface area contributed by atoms with Crippen LogP contribution in [0.15, 0.2) is 23.8 Å². The van der Waals surface area contributed by atoms with Crippen molar-refractivity contribution in [2.24, 2.45) is 0 Å². The van der Waals surface area contributed by atoms with Gasteiger partial charge in [-0.15, -0.1) is 0 Å². The lowest BCUT2D eigenvalue weighted by Crippen LogP contribution is -2.29. The smallest absolute Gasteiger partial charge is 0.129 e. The highest BCUT2D eigenvalue weighted by atomic mass is 15.2. The third-order valence-corrected chi connectivity index (χ3v) is 3.91. The normalized spacial score (nSPS) is 15.5. The van der Waals surface area contributed by atoms with E-state index in [9.17, 15) is 0 Å². The zero-order chi connectivity index (χ0) is 15.2.